The van der Waals surface area contributed by atoms with E-state index >= 15 is 0 Å². The molecule has 4 nitrogen and oxygen atoms in total. The molecular weight excluding hydrogens is 288 g/mol. The van der Waals surface area contributed by atoms with Crippen molar-refractivity contribution in [3.63, 3.8) is 0 Å². The first-order valence-corrected chi connectivity index (χ1v) is 7.91. The molecule has 1 atom stereocenters. The number of para-hydroxylation sites is 1. The first-order valence-electron chi connectivity index (χ1n) is 7.91. The lowest BCUT2D eigenvalue weighted by molar-refractivity contribution is 0.172. The molecule has 23 heavy (non-hydrogen) atoms. The molecule has 0 saturated heterocycles. The Labute approximate surface area is 134 Å². The molecule has 1 aliphatic rings. The molecule has 0 bridgehead atoms. The summed E-state index contributed by atoms with van der Waals surface area (Å²) in [5.41, 5.74) is 4.95. The monoisotopic (exact) mass is 306 g/mol. The first kappa shape index (κ1) is 14.2. The number of hydrogen-bond acceptors (Lipinski definition) is 3. The molecule has 1 aliphatic heterocycles. The van der Waals surface area contributed by atoms with E-state index in [0.717, 1.165) is 27.9 Å². The first-order chi connectivity index (χ1) is 11.1. The minimum atomic E-state index is -0.613. The largest absolute Gasteiger partial charge is 0.388 e. The number of nitrogens with zero attached hydrogens (tertiary/aromatic N) is 2. The van der Waals surface area contributed by atoms with E-state index in [-0.39, 0.29) is 5.56 Å². The van der Waals surface area contributed by atoms with E-state index in [4.69, 9.17) is 4.98 Å². The number of aromatic nitrogens is 2. The Hall–Kier alpha value is -2.46. The third-order valence-corrected chi connectivity index (χ3v) is 4.70. The Morgan fingerprint density at radius 2 is 2.09 bits per heavy atom. The second-order valence-electron chi connectivity index (χ2n) is 6.11. The number of aliphatic hydroxyl groups excluding tert-OH is 1. The fraction of sp³-hybridized carbons (Fsp3) is 0.263. The minimum Gasteiger partial charge on any atom is -0.388 e. The fourth-order valence-corrected chi connectivity index (χ4v) is 3.36. The van der Waals surface area contributed by atoms with Crippen LogP contribution < -0.4 is 5.56 Å². The van der Waals surface area contributed by atoms with Gasteiger partial charge in [-0.2, -0.15) is 0 Å². The van der Waals surface area contributed by atoms with Crippen molar-refractivity contribution in [1.29, 1.82) is 0 Å². The zero-order valence-corrected chi connectivity index (χ0v) is 13.2. The summed E-state index contributed by atoms with van der Waals surface area (Å²) in [5, 5.41) is 11.3. The van der Waals surface area contributed by atoms with E-state index in [1.807, 2.05) is 37.3 Å². The van der Waals surface area contributed by atoms with Crippen LogP contribution in [0.1, 0.15) is 36.1 Å². The summed E-state index contributed by atoms with van der Waals surface area (Å²) in [6, 6.07) is 12.0. The van der Waals surface area contributed by atoms with Gasteiger partial charge in [0, 0.05) is 16.5 Å². The second-order valence-corrected chi connectivity index (χ2v) is 6.11. The van der Waals surface area contributed by atoms with E-state index in [0.29, 0.717) is 24.1 Å². The molecule has 0 fully saturated rings. The van der Waals surface area contributed by atoms with Gasteiger partial charge in [0.15, 0.2) is 0 Å². The van der Waals surface area contributed by atoms with Crippen LogP contribution in [-0.4, -0.2) is 14.7 Å². The second kappa shape index (κ2) is 5.03. The number of fused-ring (bicyclic) bond motifs is 4. The molecule has 0 saturated carbocycles. The summed E-state index contributed by atoms with van der Waals surface area (Å²) >= 11 is 0. The zero-order valence-electron chi connectivity index (χ0n) is 13.2. The topological polar surface area (TPSA) is 55.1 Å². The summed E-state index contributed by atoms with van der Waals surface area (Å²) in [4.78, 5) is 17.4. The predicted octanol–water partition coefficient (Wildman–Crippen LogP) is 3.18. The Morgan fingerprint density at radius 1 is 1.30 bits per heavy atom. The van der Waals surface area contributed by atoms with Crippen LogP contribution in [0.4, 0.5) is 0 Å². The van der Waals surface area contributed by atoms with Crippen molar-refractivity contribution in [2.45, 2.75) is 32.9 Å². The van der Waals surface area contributed by atoms with Gasteiger partial charge < -0.3 is 9.67 Å². The van der Waals surface area contributed by atoms with Gasteiger partial charge in [-0.3, -0.25) is 4.79 Å². The molecule has 4 rings (SSSR count). The number of benzene rings is 1. The van der Waals surface area contributed by atoms with Crippen LogP contribution in [0, 0.1) is 6.92 Å². The lowest BCUT2D eigenvalue weighted by atomic mass is 10.0. The molecule has 0 radical (unpaired) electrons. The van der Waals surface area contributed by atoms with E-state index < -0.39 is 6.10 Å². The predicted molar refractivity (Wildman–Crippen MR) is 90.5 cm³/mol. The van der Waals surface area contributed by atoms with Crippen molar-refractivity contribution in [2.75, 3.05) is 0 Å². The quantitative estimate of drug-likeness (QED) is 0.619. The molecule has 3 heterocycles. The van der Waals surface area contributed by atoms with E-state index in [2.05, 4.69) is 6.07 Å². The van der Waals surface area contributed by atoms with Crippen molar-refractivity contribution in [2.24, 2.45) is 0 Å². The molecule has 1 N–H and O–H groups in total. The van der Waals surface area contributed by atoms with Crippen LogP contribution in [0.2, 0.25) is 0 Å². The van der Waals surface area contributed by atoms with Crippen molar-refractivity contribution < 1.29 is 5.11 Å². The van der Waals surface area contributed by atoms with Crippen LogP contribution in [-0.2, 0) is 6.54 Å². The summed E-state index contributed by atoms with van der Waals surface area (Å²) in [7, 11) is 0. The Balaban J connectivity index is 2.00. The van der Waals surface area contributed by atoms with Crippen molar-refractivity contribution >= 4 is 10.9 Å². The Morgan fingerprint density at radius 3 is 2.87 bits per heavy atom. The van der Waals surface area contributed by atoms with Crippen molar-refractivity contribution in [3.05, 3.63) is 63.4 Å². The molecule has 1 aromatic carbocycles. The molecule has 2 aromatic heterocycles. The van der Waals surface area contributed by atoms with Gasteiger partial charge in [0.2, 0.25) is 0 Å². The van der Waals surface area contributed by atoms with Crippen LogP contribution in [0.25, 0.3) is 22.3 Å². The summed E-state index contributed by atoms with van der Waals surface area (Å²) < 4.78 is 1.76. The summed E-state index contributed by atoms with van der Waals surface area (Å²) in [6.45, 7) is 4.25. The summed E-state index contributed by atoms with van der Waals surface area (Å²) in [6.07, 6.45) is -0.0278. The Kier molecular flexibility index (Phi) is 3.10. The van der Waals surface area contributed by atoms with Crippen molar-refractivity contribution in [3.8, 4) is 11.4 Å². The van der Waals surface area contributed by atoms with Crippen LogP contribution in [0.3, 0.4) is 0 Å². The van der Waals surface area contributed by atoms with Gasteiger partial charge in [-0.1, -0.05) is 25.1 Å². The van der Waals surface area contributed by atoms with Gasteiger partial charge >= 0.3 is 0 Å². The standard InChI is InChI=1S/C19H18N2O2/c1-3-17(22)14-9-16-18-13(10-21(16)19(23)11(14)2)8-12-6-4-5-7-15(12)20-18/h4-9,17,22H,3,10H2,1-2H3/t17-/m0/s1. The molecule has 0 spiro atoms. The third kappa shape index (κ3) is 2.02. The molecule has 0 unspecified atom stereocenters. The van der Waals surface area contributed by atoms with Crippen LogP contribution >= 0.6 is 0 Å². The lowest BCUT2D eigenvalue weighted by Crippen LogP contribution is -2.23. The van der Waals surface area contributed by atoms with Gasteiger partial charge in [-0.15, -0.1) is 0 Å². The fourth-order valence-electron chi connectivity index (χ4n) is 3.36. The number of pyridine rings is 2. The number of aliphatic hydroxyl groups is 1. The van der Waals surface area contributed by atoms with E-state index in [1.54, 1.807) is 11.5 Å². The maximum Gasteiger partial charge on any atom is 0.254 e. The molecule has 0 aliphatic carbocycles. The number of rotatable bonds is 2. The minimum absolute atomic E-state index is 0.0351. The normalized spacial score (nSPS) is 13.9. The van der Waals surface area contributed by atoms with Gasteiger partial charge in [-0.05, 0) is 37.1 Å². The Bertz CT molecular complexity index is 989. The van der Waals surface area contributed by atoms with Gasteiger partial charge in [-0.25, -0.2) is 4.98 Å². The smallest absolute Gasteiger partial charge is 0.254 e. The highest BCUT2D eigenvalue weighted by Crippen LogP contribution is 2.33. The SMILES string of the molecule is CC[C@H](O)c1cc2n(c(=O)c1C)Cc1cc3ccccc3nc1-2. The maximum atomic E-state index is 12.7. The highest BCUT2D eigenvalue weighted by Gasteiger charge is 2.25. The van der Waals surface area contributed by atoms with Crippen LogP contribution in [0.5, 0.6) is 0 Å². The summed E-state index contributed by atoms with van der Waals surface area (Å²) in [5.74, 6) is 0. The third-order valence-electron chi connectivity index (χ3n) is 4.70. The number of hydrogen-bond donors (Lipinski definition) is 1. The maximum absolute atomic E-state index is 12.7. The average molecular weight is 306 g/mol. The van der Waals surface area contributed by atoms with Gasteiger partial charge in [0.25, 0.3) is 5.56 Å². The van der Waals surface area contributed by atoms with E-state index in [9.17, 15) is 9.90 Å². The molecular formula is C19H18N2O2. The average Bonchev–Trinajstić information content (AvgIpc) is 2.93. The van der Waals surface area contributed by atoms with Crippen molar-refractivity contribution in [1.82, 2.24) is 9.55 Å². The molecule has 3 aromatic rings. The molecule has 0 amide bonds. The van der Waals surface area contributed by atoms with Crippen LogP contribution in [0.15, 0.2) is 41.2 Å². The molecule has 4 heteroatoms. The highest BCUT2D eigenvalue weighted by atomic mass is 16.3. The van der Waals surface area contributed by atoms with Gasteiger partial charge in [0.1, 0.15) is 0 Å². The lowest BCUT2D eigenvalue weighted by Gasteiger charge is -2.14. The highest BCUT2D eigenvalue weighted by molar-refractivity contribution is 5.83. The molecule has 116 valence electrons. The van der Waals surface area contributed by atoms with Gasteiger partial charge in [0.05, 0.1) is 29.6 Å². The zero-order chi connectivity index (χ0) is 16.1. The van der Waals surface area contributed by atoms with E-state index in [1.165, 1.54) is 0 Å².